The summed E-state index contributed by atoms with van der Waals surface area (Å²) in [5.74, 6) is -0.0518. The monoisotopic (exact) mass is 293 g/mol. The van der Waals surface area contributed by atoms with E-state index in [9.17, 15) is 9.59 Å². The molecule has 1 aromatic heterocycles. The quantitative estimate of drug-likeness (QED) is 0.896. The zero-order valence-corrected chi connectivity index (χ0v) is 13.9. The lowest BCUT2D eigenvalue weighted by molar-refractivity contribution is -0.121. The van der Waals surface area contributed by atoms with Crippen LogP contribution in [0.1, 0.15) is 47.1 Å². The SMILES string of the molecule is CC.CC(=O)C(NC(=O)NCc1cccnc1)C(C)(C)C. The first-order valence-corrected chi connectivity index (χ1v) is 7.24. The van der Waals surface area contributed by atoms with Crippen LogP contribution in [0.4, 0.5) is 4.79 Å². The Morgan fingerprint density at radius 3 is 2.33 bits per heavy atom. The van der Waals surface area contributed by atoms with Crippen LogP contribution in [0.2, 0.25) is 0 Å². The van der Waals surface area contributed by atoms with Crippen molar-refractivity contribution in [1.82, 2.24) is 15.6 Å². The number of nitrogens with one attached hydrogen (secondary N) is 2. The highest BCUT2D eigenvalue weighted by Crippen LogP contribution is 2.19. The number of hydrogen-bond donors (Lipinski definition) is 2. The van der Waals surface area contributed by atoms with E-state index in [-0.39, 0.29) is 17.2 Å². The summed E-state index contributed by atoms with van der Waals surface area (Å²) in [5, 5.41) is 5.42. The van der Waals surface area contributed by atoms with Crippen LogP contribution in [0.3, 0.4) is 0 Å². The predicted octanol–water partition coefficient (Wildman–Crippen LogP) is 2.91. The molecule has 0 fully saturated rings. The fraction of sp³-hybridized carbons (Fsp3) is 0.562. The molecular weight excluding hydrogens is 266 g/mol. The van der Waals surface area contributed by atoms with Gasteiger partial charge in [0.05, 0.1) is 6.04 Å². The van der Waals surface area contributed by atoms with Gasteiger partial charge >= 0.3 is 6.03 Å². The Balaban J connectivity index is 0.00000191. The van der Waals surface area contributed by atoms with Crippen LogP contribution in [0.5, 0.6) is 0 Å². The van der Waals surface area contributed by atoms with Crippen LogP contribution in [-0.4, -0.2) is 22.8 Å². The predicted molar refractivity (Wildman–Crippen MR) is 84.9 cm³/mol. The summed E-state index contributed by atoms with van der Waals surface area (Å²) in [5.41, 5.74) is 0.602. The second-order valence-corrected chi connectivity index (χ2v) is 5.60. The van der Waals surface area contributed by atoms with Crippen molar-refractivity contribution in [3.8, 4) is 0 Å². The molecule has 118 valence electrons. The van der Waals surface area contributed by atoms with Crippen LogP contribution in [-0.2, 0) is 11.3 Å². The number of amides is 2. The minimum Gasteiger partial charge on any atom is -0.334 e. The van der Waals surface area contributed by atoms with Crippen molar-refractivity contribution in [2.45, 2.75) is 54.1 Å². The highest BCUT2D eigenvalue weighted by molar-refractivity contribution is 5.87. The number of nitrogens with zero attached hydrogens (tertiary/aromatic N) is 1. The lowest BCUT2D eigenvalue weighted by Crippen LogP contribution is -2.51. The van der Waals surface area contributed by atoms with Gasteiger partial charge in [0.25, 0.3) is 0 Å². The van der Waals surface area contributed by atoms with E-state index in [2.05, 4.69) is 15.6 Å². The van der Waals surface area contributed by atoms with Crippen LogP contribution in [0.25, 0.3) is 0 Å². The lowest BCUT2D eigenvalue weighted by Gasteiger charge is -2.29. The number of aromatic nitrogens is 1. The smallest absolute Gasteiger partial charge is 0.315 e. The maximum atomic E-state index is 11.8. The van der Waals surface area contributed by atoms with Gasteiger partial charge < -0.3 is 10.6 Å². The van der Waals surface area contributed by atoms with Crippen LogP contribution in [0, 0.1) is 5.41 Å². The van der Waals surface area contributed by atoms with Gasteiger partial charge in [-0.2, -0.15) is 0 Å². The molecule has 1 atom stereocenters. The van der Waals surface area contributed by atoms with Gasteiger partial charge in [-0.15, -0.1) is 0 Å². The number of urea groups is 1. The second kappa shape index (κ2) is 9.10. The van der Waals surface area contributed by atoms with Crippen molar-refractivity contribution in [3.63, 3.8) is 0 Å². The van der Waals surface area contributed by atoms with Crippen LogP contribution >= 0.6 is 0 Å². The van der Waals surface area contributed by atoms with Crippen molar-refractivity contribution < 1.29 is 9.59 Å². The van der Waals surface area contributed by atoms with E-state index in [1.807, 2.05) is 46.8 Å². The molecule has 1 rings (SSSR count). The van der Waals surface area contributed by atoms with E-state index in [1.165, 1.54) is 6.92 Å². The van der Waals surface area contributed by atoms with Gasteiger partial charge in [-0.05, 0) is 24.0 Å². The van der Waals surface area contributed by atoms with Gasteiger partial charge in [-0.3, -0.25) is 9.78 Å². The molecule has 2 amide bonds. The molecule has 0 aliphatic heterocycles. The fourth-order valence-corrected chi connectivity index (χ4v) is 1.80. The number of ketones is 1. The molecular formula is C16H27N3O2. The van der Waals surface area contributed by atoms with E-state index in [4.69, 9.17) is 0 Å². The normalized spacial score (nSPS) is 11.7. The molecule has 0 aliphatic rings. The number of carbonyl (C=O) groups is 2. The van der Waals surface area contributed by atoms with Crippen molar-refractivity contribution in [3.05, 3.63) is 30.1 Å². The van der Waals surface area contributed by atoms with E-state index in [0.29, 0.717) is 6.54 Å². The summed E-state index contributed by atoms with van der Waals surface area (Å²) in [6.07, 6.45) is 3.36. The van der Waals surface area contributed by atoms with Crippen molar-refractivity contribution >= 4 is 11.8 Å². The first-order valence-electron chi connectivity index (χ1n) is 7.24. The Labute approximate surface area is 127 Å². The third-order valence-electron chi connectivity index (χ3n) is 2.72. The molecule has 0 radical (unpaired) electrons. The maximum absolute atomic E-state index is 11.8. The Hall–Kier alpha value is -1.91. The summed E-state index contributed by atoms with van der Waals surface area (Å²) < 4.78 is 0. The van der Waals surface area contributed by atoms with Crippen LogP contribution < -0.4 is 10.6 Å². The van der Waals surface area contributed by atoms with Gasteiger partial charge in [0.1, 0.15) is 0 Å². The van der Waals surface area contributed by atoms with Crippen molar-refractivity contribution in [2.24, 2.45) is 5.41 Å². The third-order valence-corrected chi connectivity index (χ3v) is 2.72. The fourth-order valence-electron chi connectivity index (χ4n) is 1.80. The summed E-state index contributed by atoms with van der Waals surface area (Å²) in [6.45, 7) is 11.6. The van der Waals surface area contributed by atoms with Crippen molar-refractivity contribution in [2.75, 3.05) is 0 Å². The average Bonchev–Trinajstić information content (AvgIpc) is 2.44. The topological polar surface area (TPSA) is 71.1 Å². The highest BCUT2D eigenvalue weighted by Gasteiger charge is 2.29. The molecule has 5 nitrogen and oxygen atoms in total. The average molecular weight is 293 g/mol. The number of hydrogen-bond acceptors (Lipinski definition) is 3. The zero-order valence-electron chi connectivity index (χ0n) is 13.9. The summed E-state index contributed by atoms with van der Waals surface area (Å²) >= 11 is 0. The van der Waals surface area contributed by atoms with E-state index in [0.717, 1.165) is 5.56 Å². The molecule has 0 saturated heterocycles. The molecule has 0 saturated carbocycles. The first-order chi connectivity index (χ1) is 9.80. The summed E-state index contributed by atoms with van der Waals surface area (Å²) in [6, 6.07) is 2.84. The number of Topliss-reactive ketones (excluding diaryl/α,β-unsaturated/α-hetero) is 1. The first kappa shape index (κ1) is 19.1. The van der Waals surface area contributed by atoms with E-state index < -0.39 is 6.04 Å². The molecule has 2 N–H and O–H groups in total. The second-order valence-electron chi connectivity index (χ2n) is 5.60. The lowest BCUT2D eigenvalue weighted by atomic mass is 9.84. The Bertz CT molecular complexity index is 439. The van der Waals surface area contributed by atoms with Gasteiger partial charge in [-0.1, -0.05) is 40.7 Å². The van der Waals surface area contributed by atoms with Crippen molar-refractivity contribution in [1.29, 1.82) is 0 Å². The highest BCUT2D eigenvalue weighted by atomic mass is 16.2. The van der Waals surface area contributed by atoms with E-state index >= 15 is 0 Å². The molecule has 0 aromatic carbocycles. The van der Waals surface area contributed by atoms with Gasteiger partial charge in [0.2, 0.25) is 0 Å². The van der Waals surface area contributed by atoms with E-state index in [1.54, 1.807) is 12.4 Å². The molecule has 1 heterocycles. The molecule has 1 aromatic rings. The molecule has 0 aliphatic carbocycles. The maximum Gasteiger partial charge on any atom is 0.315 e. The zero-order chi connectivity index (χ0) is 16.5. The number of pyridine rings is 1. The number of carbonyl (C=O) groups excluding carboxylic acids is 2. The van der Waals surface area contributed by atoms with Gasteiger partial charge in [-0.25, -0.2) is 4.79 Å². The molecule has 1 unspecified atom stereocenters. The minimum atomic E-state index is -0.499. The molecule has 0 spiro atoms. The van der Waals surface area contributed by atoms with Crippen LogP contribution in [0.15, 0.2) is 24.5 Å². The standard InChI is InChI=1S/C14H21N3O2.C2H6/c1-10(18)12(14(2,3)4)17-13(19)16-9-11-6-5-7-15-8-11;1-2/h5-8,12H,9H2,1-4H3,(H2,16,17,19);1-2H3. The number of rotatable bonds is 4. The molecule has 0 bridgehead atoms. The Morgan fingerprint density at radius 2 is 1.90 bits per heavy atom. The Kier molecular flexibility index (Phi) is 8.28. The summed E-state index contributed by atoms with van der Waals surface area (Å²) in [4.78, 5) is 27.3. The molecule has 5 heteroatoms. The molecule has 21 heavy (non-hydrogen) atoms. The summed E-state index contributed by atoms with van der Waals surface area (Å²) in [7, 11) is 0. The van der Waals surface area contributed by atoms with Gasteiger partial charge in [0, 0.05) is 18.9 Å². The third kappa shape index (κ3) is 7.44. The van der Waals surface area contributed by atoms with Gasteiger partial charge in [0.15, 0.2) is 5.78 Å². The largest absolute Gasteiger partial charge is 0.334 e. The Morgan fingerprint density at radius 1 is 1.29 bits per heavy atom. The minimum absolute atomic E-state index is 0.0518.